The lowest BCUT2D eigenvalue weighted by atomic mass is 9.85. The Morgan fingerprint density at radius 3 is 2.52 bits per heavy atom. The van der Waals surface area contributed by atoms with Crippen molar-refractivity contribution in [2.45, 2.75) is 87.8 Å². The summed E-state index contributed by atoms with van der Waals surface area (Å²) in [5.41, 5.74) is 2.69. The van der Waals surface area contributed by atoms with E-state index in [0.717, 1.165) is 77.4 Å². The lowest BCUT2D eigenvalue weighted by molar-refractivity contribution is -0.744. The second-order valence-electron chi connectivity index (χ2n) is 10.9. The maximum Gasteiger partial charge on any atom is 0.385 e. The number of ketones is 1. The average molecular weight is 578 g/mol. The molecule has 0 saturated carbocycles. The van der Waals surface area contributed by atoms with E-state index >= 15 is 0 Å². The van der Waals surface area contributed by atoms with Crippen LogP contribution < -0.4 is 14.7 Å². The van der Waals surface area contributed by atoms with Gasteiger partial charge in [0.25, 0.3) is 5.01 Å². The molecule has 3 heterocycles. The van der Waals surface area contributed by atoms with Gasteiger partial charge in [0.1, 0.15) is 16.0 Å². The second-order valence-corrected chi connectivity index (χ2v) is 13.2. The Balaban J connectivity index is 1.29. The number of allylic oxidation sites excluding steroid dienone is 1. The first-order valence-electron chi connectivity index (χ1n) is 14.6. The predicted molar refractivity (Wildman–Crippen MR) is 160 cm³/mol. The topological polar surface area (TPSA) is 70.2 Å². The standard InChI is InChI=1S/C32H36N2O4S2/c1-3-5-7-13-19-33-23-15-9-11-17-25(23)39-27(33)21-22-29(35)28(30(22)36)31-32(38(31)37)34(20-14-8-6-4-2)24-16-10-12-18-26(24)40-32/h9-12,15-18,21,31H,3-8,13-14,19-20H2,1-2H3/p+1. The van der Waals surface area contributed by atoms with Crippen LogP contribution in [0, 0.1) is 0 Å². The molecule has 1 aliphatic carbocycles. The molecule has 8 heteroatoms. The number of unbranched alkanes of at least 4 members (excludes halogenated alkanes) is 6. The number of para-hydroxylation sites is 2. The zero-order valence-corrected chi connectivity index (χ0v) is 24.9. The van der Waals surface area contributed by atoms with Crippen LogP contribution in [-0.2, 0) is 15.9 Å². The highest BCUT2D eigenvalue weighted by Gasteiger charge is 2.82. The molecule has 1 aromatic heterocycles. The minimum atomic E-state index is -0.975. The molecular formula is C32H37N2O4S2+. The number of aliphatic hydroxyl groups excluding tert-OH is 1. The third kappa shape index (κ3) is 4.49. The van der Waals surface area contributed by atoms with Crippen molar-refractivity contribution in [2.75, 3.05) is 11.4 Å². The number of fused-ring (bicyclic) bond motifs is 2. The molecule has 1 N–H and O–H groups in total. The number of aromatic nitrogens is 1. The van der Waals surface area contributed by atoms with Gasteiger partial charge in [0.05, 0.1) is 11.3 Å². The van der Waals surface area contributed by atoms with Gasteiger partial charge >= 0.3 is 11.2 Å². The molecule has 2 unspecified atom stereocenters. The normalized spacial score (nSPS) is 23.1. The van der Waals surface area contributed by atoms with E-state index in [0.29, 0.717) is 5.57 Å². The number of anilines is 1. The molecule has 1 fully saturated rings. The highest BCUT2D eigenvalue weighted by molar-refractivity contribution is 8.01. The number of thioether (sulfide) groups is 1. The summed E-state index contributed by atoms with van der Waals surface area (Å²) in [6.45, 7) is 5.99. The number of nitrogens with zero attached hydrogens (tertiary/aromatic N) is 2. The van der Waals surface area contributed by atoms with Crippen molar-refractivity contribution in [2.24, 2.45) is 0 Å². The Morgan fingerprint density at radius 2 is 1.75 bits per heavy atom. The Hall–Kier alpha value is -2.65. The first kappa shape index (κ1) is 27.5. The number of epoxide rings is 1. The third-order valence-electron chi connectivity index (χ3n) is 8.20. The van der Waals surface area contributed by atoms with Gasteiger partial charge in [0.15, 0.2) is 6.54 Å². The van der Waals surface area contributed by atoms with Crippen molar-refractivity contribution in [3.05, 3.63) is 70.4 Å². The fraction of sp³-hybridized carbons (Fsp3) is 0.438. The molecule has 6 rings (SSSR count). The van der Waals surface area contributed by atoms with Gasteiger partial charge in [0, 0.05) is 41.8 Å². The third-order valence-corrected chi connectivity index (χ3v) is 10.8. The maximum atomic E-state index is 13.6. The summed E-state index contributed by atoms with van der Waals surface area (Å²) >= 11 is 3.11. The number of rotatable bonds is 12. The molecule has 1 spiro atoms. The number of hydrogen-bond donors (Lipinski definition) is 1. The molecule has 0 amide bonds. The van der Waals surface area contributed by atoms with E-state index in [1.165, 1.54) is 24.6 Å². The number of carbonyl (C=O) groups excluding carboxylic acids is 1. The van der Waals surface area contributed by atoms with Crippen molar-refractivity contribution in [3.8, 4) is 0 Å². The summed E-state index contributed by atoms with van der Waals surface area (Å²) in [6.07, 6.45) is 10.0. The van der Waals surface area contributed by atoms with Gasteiger partial charge in [-0.05, 0) is 31.0 Å². The maximum absolute atomic E-state index is 13.6. The highest BCUT2D eigenvalue weighted by atomic mass is 32.2. The van der Waals surface area contributed by atoms with Gasteiger partial charge in [-0.3, -0.25) is 9.69 Å². The Bertz CT molecular complexity index is 1500. The first-order valence-corrected chi connectivity index (χ1v) is 16.2. The van der Waals surface area contributed by atoms with Crippen LogP contribution in [0.1, 0.15) is 70.2 Å². The minimum absolute atomic E-state index is 0.0438. The van der Waals surface area contributed by atoms with Gasteiger partial charge in [-0.1, -0.05) is 81.6 Å². The van der Waals surface area contributed by atoms with Crippen LogP contribution >= 0.6 is 23.1 Å². The Labute approximate surface area is 244 Å². The molecule has 3 aromatic rings. The van der Waals surface area contributed by atoms with Crippen molar-refractivity contribution >= 4 is 50.9 Å². The van der Waals surface area contributed by atoms with E-state index < -0.39 is 11.2 Å². The number of Topliss-reactive ketones (excluding diaryl/α,β-unsaturated/α-hetero) is 1. The Kier molecular flexibility index (Phi) is 7.79. The van der Waals surface area contributed by atoms with E-state index in [2.05, 4.69) is 35.4 Å². The largest absolute Gasteiger partial charge is 0.531 e. The quantitative estimate of drug-likeness (QED) is 0.0656. The monoisotopic (exact) mass is 577 g/mol. The number of hydrogen-bond acceptors (Lipinski definition) is 6. The van der Waals surface area contributed by atoms with Crippen LogP contribution in [0.25, 0.3) is 16.3 Å². The molecule has 2 atom stereocenters. The number of aliphatic hydroxyl groups is 1. The molecule has 0 radical (unpaired) electrons. The van der Waals surface area contributed by atoms with Crippen molar-refractivity contribution < 1.29 is 24.2 Å². The second kappa shape index (κ2) is 11.3. The number of thiazole rings is 1. The van der Waals surface area contributed by atoms with Crippen molar-refractivity contribution in [1.29, 1.82) is 0 Å². The number of aryl methyl sites for hydroxylation is 1. The van der Waals surface area contributed by atoms with Crippen molar-refractivity contribution in [3.63, 3.8) is 0 Å². The van der Waals surface area contributed by atoms with E-state index in [1.54, 1.807) is 11.3 Å². The molecule has 6 nitrogen and oxygen atoms in total. The van der Waals surface area contributed by atoms with E-state index in [1.807, 2.05) is 47.0 Å². The zero-order valence-electron chi connectivity index (χ0n) is 23.2. The van der Waals surface area contributed by atoms with Crippen LogP contribution in [0.3, 0.4) is 0 Å². The van der Waals surface area contributed by atoms with E-state index in [4.69, 9.17) is 0 Å². The van der Waals surface area contributed by atoms with Gasteiger partial charge in [-0.25, -0.2) is 0 Å². The molecule has 1 saturated heterocycles. The molecule has 2 aromatic carbocycles. The minimum Gasteiger partial charge on any atom is -0.531 e. The Morgan fingerprint density at radius 1 is 1.02 bits per heavy atom. The van der Waals surface area contributed by atoms with E-state index in [-0.39, 0.29) is 17.1 Å². The summed E-state index contributed by atoms with van der Waals surface area (Å²) in [6, 6.07) is 16.3. The predicted octanol–water partition coefficient (Wildman–Crippen LogP) is 6.60. The van der Waals surface area contributed by atoms with Crippen LogP contribution in [-0.4, -0.2) is 28.6 Å². The van der Waals surface area contributed by atoms with Crippen LogP contribution in [0.15, 0.2) is 70.3 Å². The zero-order chi connectivity index (χ0) is 27.9. The summed E-state index contributed by atoms with van der Waals surface area (Å²) < 4.78 is 5.42. The van der Waals surface area contributed by atoms with Gasteiger partial charge in [-0.15, -0.1) is 0 Å². The molecule has 40 heavy (non-hydrogen) atoms. The summed E-state index contributed by atoms with van der Waals surface area (Å²) in [5.74, 6) is -0.275. The number of benzene rings is 2. The lowest BCUT2D eigenvalue weighted by Crippen LogP contribution is -2.39. The lowest BCUT2D eigenvalue weighted by Gasteiger charge is -2.22. The highest BCUT2D eigenvalue weighted by Crippen LogP contribution is 2.67. The summed E-state index contributed by atoms with van der Waals surface area (Å²) in [7, 11) is 0. The first-order chi connectivity index (χ1) is 19.5. The van der Waals surface area contributed by atoms with Gasteiger partial charge in [-0.2, -0.15) is 4.57 Å². The average Bonchev–Trinajstić information content (AvgIpc) is 3.25. The fourth-order valence-electron chi connectivity index (χ4n) is 6.00. The molecule has 210 valence electrons. The molecule has 2 aliphatic heterocycles. The molecular weight excluding hydrogens is 540 g/mol. The van der Waals surface area contributed by atoms with Gasteiger partial charge < -0.3 is 14.9 Å². The molecule has 3 aliphatic rings. The number of carbonyl (C=O) groups is 1. The van der Waals surface area contributed by atoms with Gasteiger partial charge in [0.2, 0.25) is 11.3 Å². The van der Waals surface area contributed by atoms with Crippen molar-refractivity contribution in [1.82, 2.24) is 0 Å². The smallest absolute Gasteiger partial charge is 0.385 e. The van der Waals surface area contributed by atoms with Crippen LogP contribution in [0.5, 0.6) is 0 Å². The van der Waals surface area contributed by atoms with Crippen LogP contribution in [0.2, 0.25) is 0 Å². The van der Waals surface area contributed by atoms with E-state index in [9.17, 15) is 15.2 Å². The summed E-state index contributed by atoms with van der Waals surface area (Å²) in [4.78, 5) is 16.7. The summed E-state index contributed by atoms with van der Waals surface area (Å²) in [5, 5.41) is 24.6. The molecule has 0 bridgehead atoms. The van der Waals surface area contributed by atoms with Crippen LogP contribution in [0.4, 0.5) is 5.69 Å². The fourth-order valence-corrected chi connectivity index (χ4v) is 8.62. The SMILES string of the molecule is CCCCCCN1c2ccccc2SC12C(C1=C(O)/C(=C/c3sc4ccccc4[n+]3CCCCCC)C1=O)[O+]2[O-].